The van der Waals surface area contributed by atoms with Crippen molar-refractivity contribution in [3.63, 3.8) is 0 Å². The van der Waals surface area contributed by atoms with Crippen molar-refractivity contribution in [3.05, 3.63) is 240 Å². The first kappa shape index (κ1) is 98.6. The fourth-order valence-electron chi connectivity index (χ4n) is 16.0. The molecule has 0 unspecified atom stereocenters. The number of nitrogens with zero attached hydrogens (tertiary/aromatic N) is 16. The molecule has 133 heavy (non-hydrogen) atoms. The number of carboxylic acids is 1. The molecular formula is C97H124F2N22O12. The summed E-state index contributed by atoms with van der Waals surface area (Å²) in [5.74, 6) is -2.18. The lowest BCUT2D eigenvalue weighted by Crippen LogP contribution is -2.50. The second-order valence-corrected chi connectivity index (χ2v) is 32.9. The van der Waals surface area contributed by atoms with Gasteiger partial charge in [0.2, 0.25) is 23.6 Å². The lowest BCUT2D eigenvalue weighted by Gasteiger charge is -2.31. The van der Waals surface area contributed by atoms with E-state index in [1.165, 1.54) is 37.2 Å². The molecule has 0 radical (unpaired) electrons. The molecule has 8 atom stereocenters. The summed E-state index contributed by atoms with van der Waals surface area (Å²) in [5, 5.41) is 63.7. The number of carboxylic acid groups (broad SMARTS) is 1. The molecule has 2 saturated carbocycles. The van der Waals surface area contributed by atoms with E-state index in [1.807, 2.05) is 46.2 Å². The Hall–Kier alpha value is -13.5. The second-order valence-electron chi connectivity index (χ2n) is 32.9. The predicted molar refractivity (Wildman–Crippen MR) is 495 cm³/mol. The highest BCUT2D eigenvalue weighted by Gasteiger charge is 2.39. The van der Waals surface area contributed by atoms with Gasteiger partial charge in [0.1, 0.15) is 42.1 Å². The molecule has 0 bridgehead atoms. The topological polar surface area (TPSA) is 433 Å². The van der Waals surface area contributed by atoms with Crippen molar-refractivity contribution in [1.82, 2.24) is 106 Å². The average Bonchev–Trinajstić information content (AvgIpc) is 1.62. The van der Waals surface area contributed by atoms with Gasteiger partial charge in [-0.2, -0.15) is 0 Å². The summed E-state index contributed by atoms with van der Waals surface area (Å²) in [6.45, 7) is 8.71. The summed E-state index contributed by atoms with van der Waals surface area (Å²) < 4.78 is 44.0. The van der Waals surface area contributed by atoms with Crippen LogP contribution in [0, 0.1) is 11.6 Å². The summed E-state index contributed by atoms with van der Waals surface area (Å²) in [4.78, 5) is 131. The highest BCUT2D eigenvalue weighted by Crippen LogP contribution is 2.41. The number of benzene rings is 6. The molecule has 10 aromatic rings. The standard InChI is InChI=1S/C28H33FN6O2.C19H23N5O4.C19H25N5O3.C19H23N5O3.C9H10FN.C2H6.CH4/c29-22-10-6-20(7-11-22)24-19-26(24)30-14-4-5-25(28(37)34-16-2-1-3-17-34)32-27(36)21-8-12-23(13-9-21)35-18-15-31-33-35;25-17(26)9-8-16(19(28)23-11-2-1-3-12-23)21-18(27)14-4-6-15(7-5-14)24-13-10-20-22-24;2*25-14-4-5-17(19(27)23-11-2-1-3-12-23)21-18(26)15-6-8-16(9-7-15)24-13-10-20-22-24;10-7-3-1-6(2-4-7)8-5-9(8)11;1-2;/h6-13,15,18,24-26,30H,1-5,14,16-17,19H2,(H,32,36);4-7,10,13,16H,1-3,8-9,11-12H2,(H,21,27)(H,25,26);6-10,13,17,25H,1-5,11-12,14H2,(H,21,26);6-10,13-14,17H,1-5,11-12H2,(H,21,26);1-4,8-9H,5,11H2;1-2H3;1H4/t24-,25-,26+;16-;2*17-;8-,9+;;/m00000../s1/i;;;;;2*1D. The van der Waals surface area contributed by atoms with Crippen LogP contribution in [-0.2, 0) is 28.8 Å². The Kier molecular flexibility index (Phi) is 39.4. The van der Waals surface area contributed by atoms with Gasteiger partial charge in [-0.15, -0.1) is 20.4 Å². The van der Waals surface area contributed by atoms with Gasteiger partial charge < -0.3 is 66.9 Å². The Labute approximate surface area is 776 Å². The molecule has 708 valence electrons. The number of aliphatic hydroxyl groups is 1. The highest BCUT2D eigenvalue weighted by atomic mass is 19.1. The van der Waals surface area contributed by atoms with Gasteiger partial charge >= 0.3 is 5.97 Å². The Balaban J connectivity index is 0.000000177. The number of carbonyl (C=O) groups is 10. The number of nitrogens with two attached hydrogens (primary N) is 1. The van der Waals surface area contributed by atoms with Crippen LogP contribution >= 0.6 is 0 Å². The lowest BCUT2D eigenvalue weighted by atomic mass is 10.1. The summed E-state index contributed by atoms with van der Waals surface area (Å²) >= 11 is 0. The average molecular weight is 1830 g/mol. The zero-order valence-corrected chi connectivity index (χ0v) is 75.5. The van der Waals surface area contributed by atoms with E-state index in [2.05, 4.69) is 67.8 Å². The fraction of sp³-hybridized carbons (Fsp3) is 0.443. The number of carbonyl (C=O) groups excluding carboxylic acids is 9. The first-order chi connectivity index (χ1) is 65.7. The maximum Gasteiger partial charge on any atom is 0.303 e. The van der Waals surface area contributed by atoms with Gasteiger partial charge in [0.25, 0.3) is 23.6 Å². The molecule has 2 aliphatic carbocycles. The molecule has 4 saturated heterocycles. The van der Waals surface area contributed by atoms with E-state index in [9.17, 15) is 56.7 Å². The fourth-order valence-corrected chi connectivity index (χ4v) is 16.0. The number of halogens is 2. The maximum atomic E-state index is 13.3. The SMILES string of the molecule is N[C@@H]1C[C@H]1c1ccc(F)cc1.O=C(N[C@@H](CCCN[C@@H]1C[C@H]1c1ccc(F)cc1)C(=O)N1CCCCC1)c1ccc(-n2ccnn2)cc1.O=C(N[C@@H](CCCO)C(=O)N1CCCCC1)c1ccc(-n2ccnn2)cc1.O=C(O)CC[C@H](NC(=O)c1ccc(-n2ccnn2)cc1)C(=O)N1CCCCC1.O=CCC[C@H](NC(=O)c1ccc(-n2ccnn2)cc1)C(=O)N1CCCCC1.[2H]C.[2H]CC. The van der Waals surface area contributed by atoms with E-state index in [0.29, 0.717) is 105 Å². The predicted octanol–water partition coefficient (Wildman–Crippen LogP) is 10.5. The van der Waals surface area contributed by atoms with Crippen molar-refractivity contribution in [2.24, 2.45) is 5.73 Å². The highest BCUT2D eigenvalue weighted by molar-refractivity contribution is 6.00. The van der Waals surface area contributed by atoms with E-state index in [1.54, 1.807) is 170 Å². The van der Waals surface area contributed by atoms with E-state index in [-0.39, 0.29) is 78.9 Å². The van der Waals surface area contributed by atoms with Gasteiger partial charge in [-0.25, -0.2) is 27.5 Å². The Morgan fingerprint density at radius 1 is 0.436 bits per heavy atom. The van der Waals surface area contributed by atoms with E-state index < -0.39 is 36.0 Å². The molecule has 6 aromatic carbocycles. The maximum absolute atomic E-state index is 13.3. The zero-order chi connectivity index (χ0) is 96.2. The van der Waals surface area contributed by atoms with Crippen LogP contribution in [0.2, 0.25) is 0 Å². The molecule has 6 aliphatic rings. The number of aldehydes is 1. The number of rotatable bonds is 32. The minimum atomic E-state index is -0.997. The van der Waals surface area contributed by atoms with E-state index >= 15 is 0 Å². The Morgan fingerprint density at radius 3 is 0.992 bits per heavy atom. The summed E-state index contributed by atoms with van der Waals surface area (Å²) in [6, 6.07) is 38.9. The molecule has 36 heteroatoms. The van der Waals surface area contributed by atoms with Gasteiger partial charge in [-0.05, 0) is 267 Å². The van der Waals surface area contributed by atoms with Crippen LogP contribution in [0.25, 0.3) is 22.7 Å². The van der Waals surface area contributed by atoms with Crippen molar-refractivity contribution >= 4 is 59.5 Å². The second kappa shape index (κ2) is 53.1. The minimum absolute atomic E-state index is 0.00268. The van der Waals surface area contributed by atoms with Gasteiger partial charge in [-0.3, -0.25) is 43.2 Å². The third-order valence-electron chi connectivity index (χ3n) is 23.5. The van der Waals surface area contributed by atoms with Gasteiger partial charge in [0.05, 0.1) is 72.3 Å². The quantitative estimate of drug-likeness (QED) is 0.0143. The lowest BCUT2D eigenvalue weighted by molar-refractivity contribution is -0.138. The zero-order valence-electron chi connectivity index (χ0n) is 77.5. The monoisotopic (exact) mass is 1830 g/mol. The molecule has 4 aromatic heterocycles. The number of aliphatic hydroxyl groups excluding tert-OH is 1. The first-order valence-corrected chi connectivity index (χ1v) is 45.5. The largest absolute Gasteiger partial charge is 0.481 e. The van der Waals surface area contributed by atoms with Crippen LogP contribution in [0.4, 0.5) is 8.78 Å². The van der Waals surface area contributed by atoms with Crippen LogP contribution < -0.4 is 32.3 Å². The van der Waals surface area contributed by atoms with E-state index in [0.717, 1.165) is 164 Å². The molecule has 16 rings (SSSR count). The van der Waals surface area contributed by atoms with Gasteiger partial charge in [0, 0.05) is 121 Å². The first-order valence-electron chi connectivity index (χ1n) is 47.2. The molecular weight excluding hydrogens is 1700 g/mol. The van der Waals surface area contributed by atoms with Crippen LogP contribution in [0.5, 0.6) is 0 Å². The van der Waals surface area contributed by atoms with Crippen LogP contribution in [-0.4, -0.2) is 251 Å². The summed E-state index contributed by atoms with van der Waals surface area (Å²) in [7, 11) is 1.25. The number of piperidine rings is 4. The molecule has 0 spiro atoms. The van der Waals surface area contributed by atoms with Crippen LogP contribution in [0.15, 0.2) is 195 Å². The van der Waals surface area contributed by atoms with Crippen molar-refractivity contribution in [3.8, 4) is 22.7 Å². The number of nitrogens with one attached hydrogen (secondary N) is 5. The smallest absolute Gasteiger partial charge is 0.303 e. The molecule has 34 nitrogen and oxygen atoms in total. The molecule has 9 N–H and O–H groups in total. The van der Waals surface area contributed by atoms with Crippen LogP contribution in [0.1, 0.15) is 230 Å². The molecule has 6 fully saturated rings. The molecule has 8 heterocycles. The number of hydrogen-bond acceptors (Lipinski definition) is 21. The van der Waals surface area contributed by atoms with Crippen molar-refractivity contribution in [2.45, 2.75) is 211 Å². The third kappa shape index (κ3) is 31.4. The molecule has 8 amide bonds. The normalized spacial score (nSPS) is 17.5. The summed E-state index contributed by atoms with van der Waals surface area (Å²) in [6.07, 6.45) is 30.9. The number of amides is 8. The molecule has 4 aliphatic heterocycles. The van der Waals surface area contributed by atoms with E-state index in [4.69, 9.17) is 18.7 Å². The Bertz CT molecular complexity index is 5250. The minimum Gasteiger partial charge on any atom is -0.481 e. The van der Waals surface area contributed by atoms with Crippen molar-refractivity contribution < 1.29 is 69.7 Å². The number of hydrogen-bond donors (Lipinski definition) is 8. The van der Waals surface area contributed by atoms with Crippen LogP contribution in [0.3, 0.4) is 0 Å². The van der Waals surface area contributed by atoms with Crippen molar-refractivity contribution in [1.29, 1.82) is 0 Å². The van der Waals surface area contributed by atoms with Gasteiger partial charge in [0.15, 0.2) is 0 Å². The Morgan fingerprint density at radius 2 is 0.722 bits per heavy atom. The number of likely N-dealkylation sites (tertiary alicyclic amines) is 4. The number of aliphatic carboxylic acids is 1. The summed E-state index contributed by atoms with van der Waals surface area (Å²) in [5.41, 5.74) is 12.9. The van der Waals surface area contributed by atoms with Gasteiger partial charge in [-0.1, -0.05) is 66.3 Å². The van der Waals surface area contributed by atoms with Crippen molar-refractivity contribution in [2.75, 3.05) is 65.5 Å². The number of aromatic nitrogens is 12. The third-order valence-corrected chi connectivity index (χ3v) is 23.5.